The van der Waals surface area contributed by atoms with Crippen molar-refractivity contribution in [3.05, 3.63) is 33.9 Å². The quantitative estimate of drug-likeness (QED) is 0.634. The molecular formula is C15H22N2O4. The Hall–Kier alpha value is -2.11. The van der Waals surface area contributed by atoms with E-state index in [9.17, 15) is 14.9 Å². The lowest BCUT2D eigenvalue weighted by atomic mass is 9.81. The van der Waals surface area contributed by atoms with Gasteiger partial charge in [-0.3, -0.25) is 10.1 Å². The van der Waals surface area contributed by atoms with Gasteiger partial charge in [0.05, 0.1) is 4.92 Å². The number of benzene rings is 1. The lowest BCUT2D eigenvalue weighted by Gasteiger charge is -2.34. The summed E-state index contributed by atoms with van der Waals surface area (Å²) in [5, 5.41) is 23.2. The summed E-state index contributed by atoms with van der Waals surface area (Å²) < 4.78 is 0. The van der Waals surface area contributed by atoms with E-state index in [0.29, 0.717) is 5.69 Å². The van der Waals surface area contributed by atoms with Crippen LogP contribution in [0.4, 0.5) is 11.4 Å². The van der Waals surface area contributed by atoms with Crippen LogP contribution < -0.4 is 5.32 Å². The zero-order valence-electron chi connectivity index (χ0n) is 13.1. The second kappa shape index (κ2) is 5.71. The van der Waals surface area contributed by atoms with Crippen molar-refractivity contribution in [1.82, 2.24) is 0 Å². The molecule has 0 heterocycles. The lowest BCUT2D eigenvalue weighted by molar-refractivity contribution is -0.385. The summed E-state index contributed by atoms with van der Waals surface area (Å²) in [6, 6.07) is 4.07. The maximum absolute atomic E-state index is 11.1. The lowest BCUT2D eigenvalue weighted by Crippen LogP contribution is -2.35. The monoisotopic (exact) mass is 294 g/mol. The van der Waals surface area contributed by atoms with Crippen molar-refractivity contribution >= 4 is 17.3 Å². The maximum atomic E-state index is 11.1. The molecule has 1 rings (SSSR count). The molecule has 1 aromatic rings. The summed E-state index contributed by atoms with van der Waals surface area (Å²) in [7, 11) is 0. The van der Waals surface area contributed by atoms with E-state index in [2.05, 4.69) is 26.1 Å². The molecule has 0 saturated carbocycles. The molecule has 0 spiro atoms. The zero-order valence-corrected chi connectivity index (χ0v) is 13.1. The molecule has 0 radical (unpaired) electrons. The van der Waals surface area contributed by atoms with Crippen molar-refractivity contribution in [2.24, 2.45) is 5.41 Å². The summed E-state index contributed by atoms with van der Waals surface area (Å²) in [5.41, 5.74) is -0.303. The summed E-state index contributed by atoms with van der Waals surface area (Å²) in [6.07, 6.45) is 0.861. The van der Waals surface area contributed by atoms with Crippen LogP contribution >= 0.6 is 0 Å². The average Bonchev–Trinajstić information content (AvgIpc) is 2.24. The van der Waals surface area contributed by atoms with Crippen molar-refractivity contribution in [3.8, 4) is 0 Å². The topological polar surface area (TPSA) is 92.5 Å². The number of aromatic carboxylic acids is 1. The third-order valence-electron chi connectivity index (χ3n) is 2.88. The Morgan fingerprint density at radius 2 is 1.86 bits per heavy atom. The summed E-state index contributed by atoms with van der Waals surface area (Å²) in [5.74, 6) is -1.31. The number of hydrogen-bond donors (Lipinski definition) is 2. The third kappa shape index (κ3) is 5.06. The Labute approximate surface area is 124 Å². The molecule has 1 aromatic carbocycles. The van der Waals surface area contributed by atoms with Crippen LogP contribution in [0.15, 0.2) is 18.2 Å². The van der Waals surface area contributed by atoms with Crippen LogP contribution in [0, 0.1) is 15.5 Å². The standard InChI is InChI=1S/C15H22N2O4/c1-14(2,3)9-15(4,5)16-10-6-7-12(17(20)21)11(8-10)13(18)19/h6-8,16H,9H2,1-5H3,(H,18,19). The highest BCUT2D eigenvalue weighted by molar-refractivity contribution is 5.93. The molecule has 21 heavy (non-hydrogen) atoms. The van der Waals surface area contributed by atoms with Crippen molar-refractivity contribution in [2.45, 2.75) is 46.6 Å². The van der Waals surface area contributed by atoms with Crippen LogP contribution in [0.25, 0.3) is 0 Å². The van der Waals surface area contributed by atoms with Crippen LogP contribution in [0.1, 0.15) is 51.4 Å². The van der Waals surface area contributed by atoms with Gasteiger partial charge in [0.25, 0.3) is 5.69 Å². The molecule has 0 aromatic heterocycles. The highest BCUT2D eigenvalue weighted by Gasteiger charge is 2.26. The number of carbonyl (C=O) groups is 1. The molecular weight excluding hydrogens is 272 g/mol. The number of nitro benzene ring substituents is 1. The van der Waals surface area contributed by atoms with Gasteiger partial charge in [0.2, 0.25) is 0 Å². The van der Waals surface area contributed by atoms with Gasteiger partial charge in [-0.15, -0.1) is 0 Å². The molecule has 0 unspecified atom stereocenters. The highest BCUT2D eigenvalue weighted by Crippen LogP contribution is 2.31. The predicted octanol–water partition coefficient (Wildman–Crippen LogP) is 3.92. The van der Waals surface area contributed by atoms with Gasteiger partial charge in [-0.25, -0.2) is 4.79 Å². The van der Waals surface area contributed by atoms with Gasteiger partial charge in [-0.2, -0.15) is 0 Å². The van der Waals surface area contributed by atoms with Crippen LogP contribution in [-0.4, -0.2) is 21.5 Å². The first-order valence-corrected chi connectivity index (χ1v) is 6.71. The van der Waals surface area contributed by atoms with Gasteiger partial charge in [0.15, 0.2) is 0 Å². The Bertz CT molecular complexity index is 559. The first-order chi connectivity index (χ1) is 9.41. The largest absolute Gasteiger partial charge is 0.477 e. The molecule has 0 aliphatic rings. The first-order valence-electron chi connectivity index (χ1n) is 6.71. The Balaban J connectivity index is 3.08. The number of carboxylic acid groups (broad SMARTS) is 1. The minimum Gasteiger partial charge on any atom is -0.477 e. The van der Waals surface area contributed by atoms with Crippen LogP contribution in [0.5, 0.6) is 0 Å². The average molecular weight is 294 g/mol. The van der Waals surface area contributed by atoms with Crippen LogP contribution in [0.3, 0.4) is 0 Å². The Morgan fingerprint density at radius 1 is 1.29 bits per heavy atom. The molecule has 116 valence electrons. The third-order valence-corrected chi connectivity index (χ3v) is 2.88. The van der Waals surface area contributed by atoms with E-state index in [-0.39, 0.29) is 16.5 Å². The zero-order chi connectivity index (χ0) is 16.4. The summed E-state index contributed by atoms with van der Waals surface area (Å²) in [6.45, 7) is 10.4. The number of hydrogen-bond acceptors (Lipinski definition) is 4. The molecule has 0 amide bonds. The first kappa shape index (κ1) is 16.9. The van der Waals surface area contributed by atoms with Crippen LogP contribution in [0.2, 0.25) is 0 Å². The van der Waals surface area contributed by atoms with Crippen molar-refractivity contribution in [3.63, 3.8) is 0 Å². The SMILES string of the molecule is CC(C)(C)CC(C)(C)Nc1ccc([N+](=O)[O-])c(C(=O)O)c1. The van der Waals surface area contributed by atoms with Gasteiger partial charge >= 0.3 is 5.97 Å². The van der Waals surface area contributed by atoms with E-state index in [4.69, 9.17) is 5.11 Å². The van der Waals surface area contributed by atoms with Gasteiger partial charge < -0.3 is 10.4 Å². The van der Waals surface area contributed by atoms with Crippen molar-refractivity contribution in [1.29, 1.82) is 0 Å². The summed E-state index contributed by atoms with van der Waals surface area (Å²) in [4.78, 5) is 21.3. The fourth-order valence-electron chi connectivity index (χ4n) is 2.71. The number of anilines is 1. The molecule has 0 fully saturated rings. The van der Waals surface area contributed by atoms with E-state index < -0.39 is 16.6 Å². The Kier molecular flexibility index (Phi) is 4.61. The molecule has 6 heteroatoms. The molecule has 0 aliphatic carbocycles. The normalized spacial score (nSPS) is 12.0. The smallest absolute Gasteiger partial charge is 0.342 e. The highest BCUT2D eigenvalue weighted by atomic mass is 16.6. The predicted molar refractivity (Wildman–Crippen MR) is 81.8 cm³/mol. The number of rotatable bonds is 5. The minimum absolute atomic E-state index is 0.104. The molecule has 0 aliphatic heterocycles. The van der Waals surface area contributed by atoms with Crippen molar-refractivity contribution in [2.75, 3.05) is 5.32 Å². The summed E-state index contributed by atoms with van der Waals surface area (Å²) >= 11 is 0. The number of nitrogens with zero attached hydrogens (tertiary/aromatic N) is 1. The Morgan fingerprint density at radius 3 is 2.29 bits per heavy atom. The molecule has 0 bridgehead atoms. The molecule has 2 N–H and O–H groups in total. The van der Waals surface area contributed by atoms with Crippen molar-refractivity contribution < 1.29 is 14.8 Å². The second-order valence-corrected chi connectivity index (χ2v) is 7.04. The maximum Gasteiger partial charge on any atom is 0.342 e. The van der Waals surface area contributed by atoms with E-state index in [1.807, 2.05) is 13.8 Å². The number of carboxylic acids is 1. The second-order valence-electron chi connectivity index (χ2n) is 7.04. The van der Waals surface area contributed by atoms with E-state index in [1.54, 1.807) is 0 Å². The van der Waals surface area contributed by atoms with Crippen LogP contribution in [-0.2, 0) is 0 Å². The van der Waals surface area contributed by atoms with Gasteiger partial charge in [0.1, 0.15) is 5.56 Å². The van der Waals surface area contributed by atoms with Gasteiger partial charge in [0, 0.05) is 17.3 Å². The van der Waals surface area contributed by atoms with E-state index >= 15 is 0 Å². The van der Waals surface area contributed by atoms with E-state index in [0.717, 1.165) is 6.42 Å². The van der Waals surface area contributed by atoms with Gasteiger partial charge in [-0.05, 0) is 37.8 Å². The molecule has 0 atom stereocenters. The number of nitrogens with one attached hydrogen (secondary N) is 1. The van der Waals surface area contributed by atoms with Gasteiger partial charge in [-0.1, -0.05) is 20.8 Å². The fraction of sp³-hybridized carbons (Fsp3) is 0.533. The minimum atomic E-state index is -1.31. The molecule has 6 nitrogen and oxygen atoms in total. The molecule has 0 saturated heterocycles. The number of nitro groups is 1. The van der Waals surface area contributed by atoms with E-state index in [1.165, 1.54) is 18.2 Å². The fourth-order valence-corrected chi connectivity index (χ4v) is 2.71.